The van der Waals surface area contributed by atoms with Gasteiger partial charge in [0.2, 0.25) is 5.89 Å². The molecule has 132 valence electrons. The van der Waals surface area contributed by atoms with Gasteiger partial charge in [-0.05, 0) is 25.8 Å². The molecule has 1 fully saturated rings. The Morgan fingerprint density at radius 3 is 3.17 bits per heavy atom. The monoisotopic (exact) mass is 333 g/mol. The van der Waals surface area contributed by atoms with Gasteiger partial charge in [0.05, 0.1) is 19.1 Å². The molecule has 1 unspecified atom stereocenters. The zero-order valence-electron chi connectivity index (χ0n) is 14.6. The van der Waals surface area contributed by atoms with E-state index in [1.165, 1.54) is 0 Å². The van der Waals surface area contributed by atoms with Crippen molar-refractivity contribution in [2.75, 3.05) is 26.8 Å². The Balaban J connectivity index is 1.59. The van der Waals surface area contributed by atoms with Crippen LogP contribution in [-0.2, 0) is 24.2 Å². The molecular weight excluding hydrogens is 306 g/mol. The second-order valence-electron chi connectivity index (χ2n) is 6.40. The number of rotatable bonds is 8. The first-order chi connectivity index (χ1) is 11.8. The lowest BCUT2D eigenvalue weighted by Crippen LogP contribution is -2.34. The van der Waals surface area contributed by atoms with Crippen LogP contribution in [0.1, 0.15) is 49.6 Å². The van der Waals surface area contributed by atoms with E-state index in [-0.39, 0.29) is 0 Å². The number of hydrogen-bond donors (Lipinski definition) is 0. The minimum absolute atomic E-state index is 0.317. The maximum atomic E-state index is 5.48. The summed E-state index contributed by atoms with van der Waals surface area (Å²) in [5.74, 6) is 2.96. The summed E-state index contributed by atoms with van der Waals surface area (Å²) in [6.45, 7) is 6.77. The van der Waals surface area contributed by atoms with E-state index in [9.17, 15) is 0 Å². The fraction of sp³-hybridized carbons (Fsp3) is 0.706. The average molecular weight is 333 g/mol. The largest absolute Gasteiger partial charge is 0.384 e. The third-order valence-electron chi connectivity index (χ3n) is 4.50. The van der Waals surface area contributed by atoms with Crippen molar-refractivity contribution in [2.45, 2.75) is 51.6 Å². The number of hydrogen-bond acceptors (Lipinski definition) is 6. The van der Waals surface area contributed by atoms with Crippen LogP contribution in [0.25, 0.3) is 0 Å². The van der Waals surface area contributed by atoms with Crippen molar-refractivity contribution in [1.29, 1.82) is 0 Å². The van der Waals surface area contributed by atoms with Crippen molar-refractivity contribution in [1.82, 2.24) is 24.6 Å². The van der Waals surface area contributed by atoms with Gasteiger partial charge in [-0.25, -0.2) is 4.98 Å². The van der Waals surface area contributed by atoms with E-state index in [1.54, 1.807) is 7.11 Å². The van der Waals surface area contributed by atoms with E-state index in [0.717, 1.165) is 63.0 Å². The summed E-state index contributed by atoms with van der Waals surface area (Å²) in [5.41, 5.74) is 0. The van der Waals surface area contributed by atoms with Crippen LogP contribution in [0.5, 0.6) is 0 Å². The molecule has 0 amide bonds. The predicted molar refractivity (Wildman–Crippen MR) is 89.6 cm³/mol. The molecule has 7 heteroatoms. The molecule has 1 atom stereocenters. The first-order valence-electron chi connectivity index (χ1n) is 8.84. The molecule has 0 spiro atoms. The fourth-order valence-corrected chi connectivity index (χ4v) is 3.27. The van der Waals surface area contributed by atoms with Gasteiger partial charge in [-0.2, -0.15) is 4.98 Å². The second-order valence-corrected chi connectivity index (χ2v) is 6.40. The van der Waals surface area contributed by atoms with Gasteiger partial charge in [-0.15, -0.1) is 0 Å². The van der Waals surface area contributed by atoms with Gasteiger partial charge in [-0.1, -0.05) is 12.1 Å². The molecule has 0 radical (unpaired) electrons. The Labute approximate surface area is 143 Å². The van der Waals surface area contributed by atoms with Gasteiger partial charge in [0.1, 0.15) is 5.82 Å². The maximum absolute atomic E-state index is 5.48. The molecule has 3 rings (SSSR count). The number of methoxy groups -OCH3 is 1. The predicted octanol–water partition coefficient (Wildman–Crippen LogP) is 2.24. The summed E-state index contributed by atoms with van der Waals surface area (Å²) in [4.78, 5) is 11.5. The van der Waals surface area contributed by atoms with Crippen molar-refractivity contribution < 1.29 is 9.26 Å². The van der Waals surface area contributed by atoms with Gasteiger partial charge in [0.15, 0.2) is 5.82 Å². The van der Waals surface area contributed by atoms with Gasteiger partial charge < -0.3 is 13.8 Å². The van der Waals surface area contributed by atoms with Gasteiger partial charge in [0, 0.05) is 39.0 Å². The Hall–Kier alpha value is -1.73. The van der Waals surface area contributed by atoms with Gasteiger partial charge in [-0.3, -0.25) is 4.90 Å². The third kappa shape index (κ3) is 4.21. The normalized spacial score (nSPS) is 19.0. The third-order valence-corrected chi connectivity index (χ3v) is 4.50. The highest BCUT2D eigenvalue weighted by Gasteiger charge is 2.26. The van der Waals surface area contributed by atoms with Crippen LogP contribution < -0.4 is 0 Å². The van der Waals surface area contributed by atoms with Crippen molar-refractivity contribution in [3.63, 3.8) is 0 Å². The smallest absolute Gasteiger partial charge is 0.231 e. The van der Waals surface area contributed by atoms with Crippen LogP contribution in [0.2, 0.25) is 0 Å². The number of nitrogens with zero attached hydrogens (tertiary/aromatic N) is 5. The summed E-state index contributed by atoms with van der Waals surface area (Å²) in [7, 11) is 1.68. The SMILES string of the molecule is CCCn1ccnc1CN1CCCC(c2nc(CCOC)no2)C1. The van der Waals surface area contributed by atoms with Crippen LogP contribution in [0.15, 0.2) is 16.9 Å². The Morgan fingerprint density at radius 2 is 2.33 bits per heavy atom. The molecule has 0 bridgehead atoms. The molecule has 3 heterocycles. The number of imidazole rings is 1. The van der Waals surface area contributed by atoms with E-state index in [0.29, 0.717) is 18.9 Å². The van der Waals surface area contributed by atoms with E-state index in [2.05, 4.69) is 37.7 Å². The molecule has 24 heavy (non-hydrogen) atoms. The molecule has 0 saturated carbocycles. The van der Waals surface area contributed by atoms with Crippen LogP contribution in [0.4, 0.5) is 0 Å². The highest BCUT2D eigenvalue weighted by Crippen LogP contribution is 2.26. The zero-order chi connectivity index (χ0) is 16.8. The number of ether oxygens (including phenoxy) is 1. The molecule has 1 aliphatic heterocycles. The number of piperidine rings is 1. The summed E-state index contributed by atoms with van der Waals surface area (Å²) < 4.78 is 12.8. The number of likely N-dealkylation sites (tertiary alicyclic amines) is 1. The fourth-order valence-electron chi connectivity index (χ4n) is 3.27. The molecule has 0 N–H and O–H groups in total. The van der Waals surface area contributed by atoms with Crippen LogP contribution in [0, 0.1) is 0 Å². The molecule has 2 aromatic rings. The number of aryl methyl sites for hydroxylation is 1. The molecule has 0 aliphatic carbocycles. The first-order valence-corrected chi connectivity index (χ1v) is 8.84. The Kier molecular flexibility index (Phi) is 5.98. The highest BCUT2D eigenvalue weighted by molar-refractivity contribution is 4.99. The molecule has 1 saturated heterocycles. The van der Waals surface area contributed by atoms with Crippen LogP contribution in [-0.4, -0.2) is 51.4 Å². The minimum Gasteiger partial charge on any atom is -0.384 e. The van der Waals surface area contributed by atoms with E-state index < -0.39 is 0 Å². The second kappa shape index (κ2) is 8.39. The average Bonchev–Trinajstić information content (AvgIpc) is 3.24. The topological polar surface area (TPSA) is 69.2 Å². The van der Waals surface area contributed by atoms with Crippen LogP contribution in [0.3, 0.4) is 0 Å². The lowest BCUT2D eigenvalue weighted by molar-refractivity contribution is 0.174. The van der Waals surface area contributed by atoms with E-state index in [1.807, 2.05) is 6.20 Å². The summed E-state index contributed by atoms with van der Waals surface area (Å²) in [6, 6.07) is 0. The lowest BCUT2D eigenvalue weighted by atomic mass is 9.98. The van der Waals surface area contributed by atoms with Crippen molar-refractivity contribution in [3.8, 4) is 0 Å². The van der Waals surface area contributed by atoms with Crippen molar-refractivity contribution >= 4 is 0 Å². The van der Waals surface area contributed by atoms with Crippen LogP contribution >= 0.6 is 0 Å². The van der Waals surface area contributed by atoms with Crippen molar-refractivity contribution in [2.24, 2.45) is 0 Å². The highest BCUT2D eigenvalue weighted by atomic mass is 16.5. The molecular formula is C17H27N5O2. The van der Waals surface area contributed by atoms with E-state index >= 15 is 0 Å². The molecule has 7 nitrogen and oxygen atoms in total. The Morgan fingerprint density at radius 1 is 1.42 bits per heavy atom. The van der Waals surface area contributed by atoms with Gasteiger partial charge in [0.25, 0.3) is 0 Å². The molecule has 1 aliphatic rings. The molecule has 2 aromatic heterocycles. The van der Waals surface area contributed by atoms with Gasteiger partial charge >= 0.3 is 0 Å². The standard InChI is InChI=1S/C17H27N5O2/c1-3-8-22-10-7-18-16(22)13-21-9-4-5-14(12-21)17-19-15(20-24-17)6-11-23-2/h7,10,14H,3-6,8-9,11-13H2,1-2H3. The summed E-state index contributed by atoms with van der Waals surface area (Å²) >= 11 is 0. The minimum atomic E-state index is 0.317. The maximum Gasteiger partial charge on any atom is 0.231 e. The quantitative estimate of drug-likeness (QED) is 0.738. The summed E-state index contributed by atoms with van der Waals surface area (Å²) in [6.07, 6.45) is 8.04. The van der Waals surface area contributed by atoms with E-state index in [4.69, 9.17) is 9.26 Å². The lowest BCUT2D eigenvalue weighted by Gasteiger charge is -2.30. The first kappa shape index (κ1) is 17.1. The Bertz CT molecular complexity index is 624. The number of aromatic nitrogens is 4. The van der Waals surface area contributed by atoms with Crippen molar-refractivity contribution in [3.05, 3.63) is 29.9 Å². The summed E-state index contributed by atoms with van der Waals surface area (Å²) in [5, 5.41) is 4.07. The zero-order valence-corrected chi connectivity index (χ0v) is 14.6. The molecule has 0 aromatic carbocycles.